The summed E-state index contributed by atoms with van der Waals surface area (Å²) in [6.45, 7) is 1.87. The van der Waals surface area contributed by atoms with E-state index in [4.69, 9.17) is 22.1 Å². The number of benzene rings is 2. The van der Waals surface area contributed by atoms with Crippen molar-refractivity contribution in [3.05, 3.63) is 64.8 Å². The van der Waals surface area contributed by atoms with Crippen LogP contribution in [0.5, 0.6) is 0 Å². The number of esters is 1. The van der Waals surface area contributed by atoms with Gasteiger partial charge in [0.2, 0.25) is 0 Å². The van der Waals surface area contributed by atoms with Crippen LogP contribution in [0.3, 0.4) is 0 Å². The average Bonchev–Trinajstić information content (AvgIpc) is 2.92. The molecule has 0 bridgehead atoms. The van der Waals surface area contributed by atoms with Crippen LogP contribution in [0.1, 0.15) is 11.3 Å². The van der Waals surface area contributed by atoms with Crippen molar-refractivity contribution in [2.75, 3.05) is 12.8 Å². The number of hydrogen-bond acceptors (Lipinski definition) is 4. The third kappa shape index (κ3) is 3.37. The molecule has 0 saturated carbocycles. The second-order valence-corrected chi connectivity index (χ2v) is 6.08. The molecule has 0 aliphatic heterocycles. The molecule has 0 radical (unpaired) electrons. The molecule has 0 spiro atoms. The zero-order chi connectivity index (χ0) is 18.0. The van der Waals surface area contributed by atoms with Gasteiger partial charge in [0.1, 0.15) is 0 Å². The largest absolute Gasteiger partial charge is 0.469 e. The summed E-state index contributed by atoms with van der Waals surface area (Å²) in [5.41, 5.74) is 10.8. The van der Waals surface area contributed by atoms with Gasteiger partial charge in [-0.2, -0.15) is 5.10 Å². The normalized spacial score (nSPS) is 10.7. The van der Waals surface area contributed by atoms with Crippen LogP contribution < -0.4 is 5.73 Å². The third-order valence-corrected chi connectivity index (χ3v) is 4.27. The first-order valence-corrected chi connectivity index (χ1v) is 8.15. The van der Waals surface area contributed by atoms with Crippen molar-refractivity contribution in [3.8, 4) is 16.9 Å². The maximum absolute atomic E-state index is 11.9. The number of aromatic nitrogens is 2. The van der Waals surface area contributed by atoms with Gasteiger partial charge in [-0.1, -0.05) is 29.8 Å². The minimum atomic E-state index is -0.325. The second kappa shape index (κ2) is 6.99. The molecule has 1 aromatic heterocycles. The summed E-state index contributed by atoms with van der Waals surface area (Å²) < 4.78 is 6.62. The Hall–Kier alpha value is -2.79. The van der Waals surface area contributed by atoms with Crippen LogP contribution in [0.4, 0.5) is 5.69 Å². The first kappa shape index (κ1) is 17.0. The molecule has 1 heterocycles. The van der Waals surface area contributed by atoms with Gasteiger partial charge in [-0.15, -0.1) is 0 Å². The number of rotatable bonds is 4. The molecule has 0 amide bonds. The highest BCUT2D eigenvalue weighted by Gasteiger charge is 2.22. The molecule has 0 aliphatic rings. The van der Waals surface area contributed by atoms with Crippen molar-refractivity contribution in [1.82, 2.24) is 9.78 Å². The Morgan fingerprint density at radius 3 is 2.52 bits per heavy atom. The molecule has 6 heteroatoms. The maximum Gasteiger partial charge on any atom is 0.310 e. The summed E-state index contributed by atoms with van der Waals surface area (Å²) in [5, 5.41) is 5.27. The van der Waals surface area contributed by atoms with Gasteiger partial charge >= 0.3 is 5.97 Å². The van der Waals surface area contributed by atoms with Crippen LogP contribution in [0, 0.1) is 6.92 Å². The number of hydrogen-bond donors (Lipinski definition) is 1. The second-order valence-electron chi connectivity index (χ2n) is 5.64. The molecule has 0 saturated heterocycles. The van der Waals surface area contributed by atoms with Crippen molar-refractivity contribution in [1.29, 1.82) is 0 Å². The van der Waals surface area contributed by atoms with E-state index in [2.05, 4.69) is 5.10 Å². The van der Waals surface area contributed by atoms with Gasteiger partial charge in [0, 0.05) is 21.8 Å². The minimum absolute atomic E-state index is 0.125. The molecule has 0 aliphatic carbocycles. The van der Waals surface area contributed by atoms with Gasteiger partial charge in [0.25, 0.3) is 0 Å². The summed E-state index contributed by atoms with van der Waals surface area (Å²) in [4.78, 5) is 11.9. The maximum atomic E-state index is 11.9. The van der Waals surface area contributed by atoms with E-state index in [1.165, 1.54) is 7.11 Å². The first-order chi connectivity index (χ1) is 12.0. The molecule has 5 nitrogen and oxygen atoms in total. The fraction of sp³-hybridized carbons (Fsp3) is 0.158. The van der Waals surface area contributed by atoms with Gasteiger partial charge in [-0.25, -0.2) is 4.68 Å². The number of anilines is 1. The molecule has 0 fully saturated rings. The van der Waals surface area contributed by atoms with Crippen LogP contribution in [0.15, 0.2) is 48.5 Å². The van der Waals surface area contributed by atoms with E-state index in [9.17, 15) is 4.79 Å². The number of nitrogen functional groups attached to an aromatic ring is 1. The van der Waals surface area contributed by atoms with Crippen molar-refractivity contribution >= 4 is 23.3 Å². The Labute approximate surface area is 151 Å². The molecule has 3 rings (SSSR count). The van der Waals surface area contributed by atoms with E-state index in [1.54, 1.807) is 16.8 Å². The smallest absolute Gasteiger partial charge is 0.310 e. The first-order valence-electron chi connectivity index (χ1n) is 7.77. The summed E-state index contributed by atoms with van der Waals surface area (Å²) in [6.07, 6.45) is 0.125. The number of aryl methyl sites for hydroxylation is 1. The highest BCUT2D eigenvalue weighted by atomic mass is 35.5. The Balaban J connectivity index is 2.25. The average molecular weight is 356 g/mol. The number of halogens is 1. The molecular weight excluding hydrogens is 338 g/mol. The summed E-state index contributed by atoms with van der Waals surface area (Å²) in [5.74, 6) is -0.325. The van der Waals surface area contributed by atoms with Gasteiger partial charge < -0.3 is 10.5 Å². The zero-order valence-corrected chi connectivity index (χ0v) is 14.7. The van der Waals surface area contributed by atoms with Gasteiger partial charge in [0.05, 0.1) is 30.6 Å². The van der Waals surface area contributed by atoms with Crippen molar-refractivity contribution in [2.24, 2.45) is 0 Å². The molecular formula is C19H18ClN3O2. The Morgan fingerprint density at radius 2 is 1.88 bits per heavy atom. The van der Waals surface area contributed by atoms with Gasteiger partial charge in [-0.05, 0) is 37.3 Å². The number of ether oxygens (including phenoxy) is 1. The Morgan fingerprint density at radius 1 is 1.20 bits per heavy atom. The fourth-order valence-electron chi connectivity index (χ4n) is 2.75. The summed E-state index contributed by atoms with van der Waals surface area (Å²) in [7, 11) is 1.37. The van der Waals surface area contributed by atoms with Crippen LogP contribution in [0.25, 0.3) is 16.9 Å². The molecule has 2 aromatic carbocycles. The quantitative estimate of drug-likeness (QED) is 0.571. The third-order valence-electron chi connectivity index (χ3n) is 4.02. The lowest BCUT2D eigenvalue weighted by molar-refractivity contribution is -0.139. The van der Waals surface area contributed by atoms with E-state index in [0.29, 0.717) is 10.7 Å². The van der Waals surface area contributed by atoms with Crippen molar-refractivity contribution < 1.29 is 9.53 Å². The lowest BCUT2D eigenvalue weighted by Crippen LogP contribution is -2.07. The van der Waals surface area contributed by atoms with Gasteiger partial charge in [0.15, 0.2) is 0 Å². The van der Waals surface area contributed by atoms with E-state index in [1.807, 2.05) is 43.3 Å². The summed E-state index contributed by atoms with van der Waals surface area (Å²) in [6, 6.07) is 14.9. The number of methoxy groups -OCH3 is 1. The van der Waals surface area contributed by atoms with Crippen LogP contribution in [-0.4, -0.2) is 22.9 Å². The predicted octanol–water partition coefficient (Wildman–Crippen LogP) is 3.80. The van der Waals surface area contributed by atoms with Gasteiger partial charge in [-0.3, -0.25) is 4.79 Å². The molecule has 128 valence electrons. The molecule has 3 aromatic rings. The standard InChI is InChI=1S/C19H18ClN3O2/c1-12-16(11-18(24)25-2)19(15-5-3-4-6-17(15)21)23(22-12)14-9-7-13(20)8-10-14/h3-10H,11,21H2,1-2H3. The predicted molar refractivity (Wildman–Crippen MR) is 98.9 cm³/mol. The van der Waals surface area contributed by atoms with Crippen LogP contribution in [-0.2, 0) is 16.0 Å². The molecule has 0 atom stereocenters. The van der Waals surface area contributed by atoms with Crippen molar-refractivity contribution in [3.63, 3.8) is 0 Å². The van der Waals surface area contributed by atoms with E-state index in [0.717, 1.165) is 28.2 Å². The van der Waals surface area contributed by atoms with E-state index in [-0.39, 0.29) is 12.4 Å². The number of carbonyl (C=O) groups excluding carboxylic acids is 1. The Kier molecular flexibility index (Phi) is 4.76. The number of para-hydroxylation sites is 1. The number of carbonyl (C=O) groups is 1. The topological polar surface area (TPSA) is 70.1 Å². The van der Waals surface area contributed by atoms with E-state index < -0.39 is 0 Å². The highest BCUT2D eigenvalue weighted by molar-refractivity contribution is 6.30. The molecule has 25 heavy (non-hydrogen) atoms. The summed E-state index contributed by atoms with van der Waals surface area (Å²) >= 11 is 5.99. The number of nitrogens with zero attached hydrogens (tertiary/aromatic N) is 2. The monoisotopic (exact) mass is 355 g/mol. The Bertz CT molecular complexity index is 917. The minimum Gasteiger partial charge on any atom is -0.469 e. The van der Waals surface area contributed by atoms with E-state index >= 15 is 0 Å². The fourth-order valence-corrected chi connectivity index (χ4v) is 2.87. The van der Waals surface area contributed by atoms with Crippen LogP contribution in [0.2, 0.25) is 5.02 Å². The molecule has 0 unspecified atom stereocenters. The van der Waals surface area contributed by atoms with Crippen LogP contribution >= 0.6 is 11.6 Å². The number of nitrogens with two attached hydrogens (primary N) is 1. The SMILES string of the molecule is COC(=O)Cc1c(C)nn(-c2ccc(Cl)cc2)c1-c1ccccc1N. The van der Waals surface area contributed by atoms with Crippen molar-refractivity contribution in [2.45, 2.75) is 13.3 Å². The lowest BCUT2D eigenvalue weighted by atomic mass is 10.0. The molecule has 2 N–H and O–H groups in total. The lowest BCUT2D eigenvalue weighted by Gasteiger charge is -2.12. The highest BCUT2D eigenvalue weighted by Crippen LogP contribution is 2.33. The zero-order valence-electron chi connectivity index (χ0n) is 14.0.